The van der Waals surface area contributed by atoms with Gasteiger partial charge in [0.1, 0.15) is 5.82 Å². The van der Waals surface area contributed by atoms with E-state index in [1.807, 2.05) is 0 Å². The van der Waals surface area contributed by atoms with E-state index in [0.717, 1.165) is 60.6 Å². The Labute approximate surface area is 213 Å². The highest BCUT2D eigenvalue weighted by Crippen LogP contribution is 2.44. The molecule has 2 saturated heterocycles. The standard InChI is InChI=1S/C25H31F2N9O/c1-25(2)8-6-16-10-15(7-9-35(16)25)29-22-19(27)13-28-23(31-22)30-20-12-21(36-24(37)34(3)32-33-36)17(11-18(20)26)14-4-5-14/h11-16H,4-10H2,1-3H3,(H2,28,29,30,31)/t15-,16?/m1/s1. The lowest BCUT2D eigenvalue weighted by atomic mass is 9.97. The van der Waals surface area contributed by atoms with Gasteiger partial charge >= 0.3 is 5.69 Å². The Balaban J connectivity index is 1.24. The molecule has 2 atom stereocenters. The van der Waals surface area contributed by atoms with Crippen molar-refractivity contribution in [3.05, 3.63) is 46.0 Å². The van der Waals surface area contributed by atoms with Crippen LogP contribution in [0.5, 0.6) is 0 Å². The van der Waals surface area contributed by atoms with Gasteiger partial charge in [0.25, 0.3) is 0 Å². The number of piperidine rings is 1. The van der Waals surface area contributed by atoms with Gasteiger partial charge in [0.15, 0.2) is 11.6 Å². The molecule has 1 unspecified atom stereocenters. The molecule has 2 aromatic heterocycles. The number of aryl methyl sites for hydroxylation is 1. The third-order valence-corrected chi connectivity index (χ3v) is 8.00. The van der Waals surface area contributed by atoms with Crippen molar-refractivity contribution in [2.45, 2.75) is 75.9 Å². The van der Waals surface area contributed by atoms with E-state index in [-0.39, 0.29) is 35.0 Å². The zero-order valence-corrected chi connectivity index (χ0v) is 21.2. The maximum absolute atomic E-state index is 15.1. The highest BCUT2D eigenvalue weighted by molar-refractivity contribution is 5.62. The average molecular weight is 512 g/mol. The molecule has 1 aliphatic carbocycles. The smallest absolute Gasteiger partial charge is 0.365 e. The number of tetrazole rings is 1. The minimum absolute atomic E-state index is 0.0545. The van der Waals surface area contributed by atoms with Crippen molar-refractivity contribution < 1.29 is 8.78 Å². The summed E-state index contributed by atoms with van der Waals surface area (Å²) >= 11 is 0. The Bertz CT molecular complexity index is 1400. The molecule has 10 nitrogen and oxygen atoms in total. The monoisotopic (exact) mass is 511 g/mol. The Kier molecular flexibility index (Phi) is 5.74. The van der Waals surface area contributed by atoms with Crippen LogP contribution in [0.1, 0.15) is 63.9 Å². The number of hydrogen-bond acceptors (Lipinski definition) is 8. The average Bonchev–Trinajstić information content (AvgIpc) is 3.60. The summed E-state index contributed by atoms with van der Waals surface area (Å²) in [6, 6.07) is 3.50. The molecular weight excluding hydrogens is 480 g/mol. The van der Waals surface area contributed by atoms with Gasteiger partial charge in [-0.25, -0.2) is 18.6 Å². The second kappa shape index (κ2) is 8.86. The summed E-state index contributed by atoms with van der Waals surface area (Å²) in [6.45, 7) is 5.52. The summed E-state index contributed by atoms with van der Waals surface area (Å²) in [5.41, 5.74) is 1.00. The van der Waals surface area contributed by atoms with Gasteiger partial charge in [-0.3, -0.25) is 4.90 Å². The fraction of sp³-hybridized carbons (Fsp3) is 0.560. The van der Waals surface area contributed by atoms with E-state index in [0.29, 0.717) is 17.3 Å². The van der Waals surface area contributed by atoms with E-state index < -0.39 is 17.3 Å². The van der Waals surface area contributed by atoms with Crippen LogP contribution in [-0.4, -0.2) is 58.8 Å². The van der Waals surface area contributed by atoms with Crippen LogP contribution in [0.15, 0.2) is 23.1 Å². The number of rotatable bonds is 6. The van der Waals surface area contributed by atoms with Gasteiger partial charge in [-0.05, 0) is 86.4 Å². The second-order valence-electron chi connectivity index (χ2n) is 11.0. The molecule has 3 fully saturated rings. The van der Waals surface area contributed by atoms with Gasteiger partial charge in [-0.2, -0.15) is 14.3 Å². The van der Waals surface area contributed by atoms with Crippen molar-refractivity contribution in [2.75, 3.05) is 17.2 Å². The predicted molar refractivity (Wildman–Crippen MR) is 134 cm³/mol. The number of halogens is 2. The number of nitrogens with one attached hydrogen (secondary N) is 2. The number of hydrogen-bond donors (Lipinski definition) is 2. The minimum Gasteiger partial charge on any atom is -0.365 e. The van der Waals surface area contributed by atoms with Crippen molar-refractivity contribution in [1.29, 1.82) is 0 Å². The Hall–Kier alpha value is -3.41. The quantitative estimate of drug-likeness (QED) is 0.518. The Morgan fingerprint density at radius 1 is 1.08 bits per heavy atom. The van der Waals surface area contributed by atoms with E-state index in [9.17, 15) is 9.18 Å². The lowest BCUT2D eigenvalue weighted by molar-refractivity contribution is 0.0920. The number of aromatic nitrogens is 6. The van der Waals surface area contributed by atoms with Crippen molar-refractivity contribution in [1.82, 2.24) is 34.7 Å². The molecule has 12 heteroatoms. The van der Waals surface area contributed by atoms with E-state index in [4.69, 9.17) is 0 Å². The lowest BCUT2D eigenvalue weighted by Gasteiger charge is -2.42. The van der Waals surface area contributed by atoms with Crippen LogP contribution < -0.4 is 16.3 Å². The third-order valence-electron chi connectivity index (χ3n) is 8.00. The Morgan fingerprint density at radius 2 is 1.89 bits per heavy atom. The summed E-state index contributed by atoms with van der Waals surface area (Å²) < 4.78 is 32.1. The van der Waals surface area contributed by atoms with Crippen LogP contribution in [0.25, 0.3) is 5.69 Å². The fourth-order valence-electron chi connectivity index (χ4n) is 5.80. The molecule has 3 aliphatic rings. The maximum atomic E-state index is 15.1. The van der Waals surface area contributed by atoms with Crippen molar-refractivity contribution in [3.8, 4) is 5.69 Å². The SMILES string of the molecule is Cn1nnn(-c2cc(Nc3ncc(F)c(N[C@@H]4CCN5C(CCC5(C)C)C4)n3)c(F)cc2C2CC2)c1=O. The molecule has 0 amide bonds. The third kappa shape index (κ3) is 4.47. The summed E-state index contributed by atoms with van der Waals surface area (Å²) in [5.74, 6) is -0.757. The summed E-state index contributed by atoms with van der Waals surface area (Å²) in [7, 11) is 1.50. The molecule has 4 heterocycles. The molecule has 2 aliphatic heterocycles. The fourth-order valence-corrected chi connectivity index (χ4v) is 5.80. The molecule has 3 aromatic rings. The molecule has 0 radical (unpaired) electrons. The van der Waals surface area contributed by atoms with Crippen LogP contribution in [0.4, 0.5) is 26.2 Å². The largest absolute Gasteiger partial charge is 0.368 e. The van der Waals surface area contributed by atoms with Gasteiger partial charge < -0.3 is 10.6 Å². The Morgan fingerprint density at radius 3 is 2.62 bits per heavy atom. The molecule has 0 spiro atoms. The first-order valence-electron chi connectivity index (χ1n) is 12.9. The molecule has 0 bridgehead atoms. The minimum atomic E-state index is -0.559. The van der Waals surface area contributed by atoms with Crippen LogP contribution in [0.3, 0.4) is 0 Å². The van der Waals surface area contributed by atoms with Crippen molar-refractivity contribution >= 4 is 17.5 Å². The van der Waals surface area contributed by atoms with E-state index in [1.165, 1.54) is 19.2 Å². The molecule has 6 rings (SSSR count). The predicted octanol–water partition coefficient (Wildman–Crippen LogP) is 3.47. The zero-order valence-electron chi connectivity index (χ0n) is 21.2. The van der Waals surface area contributed by atoms with Gasteiger partial charge in [-0.1, -0.05) is 0 Å². The number of fused-ring (bicyclic) bond motifs is 1. The number of benzene rings is 1. The molecule has 37 heavy (non-hydrogen) atoms. The first-order valence-corrected chi connectivity index (χ1v) is 12.9. The van der Waals surface area contributed by atoms with Crippen LogP contribution in [-0.2, 0) is 7.05 Å². The van der Waals surface area contributed by atoms with Crippen LogP contribution in [0.2, 0.25) is 0 Å². The summed E-state index contributed by atoms with van der Waals surface area (Å²) in [5, 5.41) is 13.8. The molecule has 196 valence electrons. The highest BCUT2D eigenvalue weighted by atomic mass is 19.1. The maximum Gasteiger partial charge on any atom is 0.368 e. The zero-order chi connectivity index (χ0) is 25.9. The first-order chi connectivity index (χ1) is 17.7. The summed E-state index contributed by atoms with van der Waals surface area (Å²) in [4.78, 5) is 23.4. The molecular formula is C25H31F2N9O. The van der Waals surface area contributed by atoms with Crippen molar-refractivity contribution in [2.24, 2.45) is 7.05 Å². The van der Waals surface area contributed by atoms with Gasteiger partial charge in [0, 0.05) is 31.2 Å². The second-order valence-corrected chi connectivity index (χ2v) is 11.0. The van der Waals surface area contributed by atoms with Crippen LogP contribution in [0, 0.1) is 11.6 Å². The van der Waals surface area contributed by atoms with E-state index in [1.54, 1.807) is 0 Å². The highest BCUT2D eigenvalue weighted by Gasteiger charge is 2.42. The first kappa shape index (κ1) is 24.0. The molecule has 2 N–H and O–H groups in total. The van der Waals surface area contributed by atoms with Gasteiger partial charge in [0.2, 0.25) is 5.95 Å². The van der Waals surface area contributed by atoms with Gasteiger partial charge in [-0.15, -0.1) is 0 Å². The van der Waals surface area contributed by atoms with E-state index >= 15 is 4.39 Å². The van der Waals surface area contributed by atoms with Gasteiger partial charge in [0.05, 0.1) is 17.6 Å². The number of nitrogens with zero attached hydrogens (tertiary/aromatic N) is 7. The number of anilines is 3. The lowest BCUT2D eigenvalue weighted by Crippen LogP contribution is -2.50. The summed E-state index contributed by atoms with van der Waals surface area (Å²) in [6.07, 6.45) is 7.02. The van der Waals surface area contributed by atoms with E-state index in [2.05, 4.69) is 49.8 Å². The molecule has 1 aromatic carbocycles. The normalized spacial score (nSPS) is 23.2. The van der Waals surface area contributed by atoms with Crippen molar-refractivity contribution in [3.63, 3.8) is 0 Å². The van der Waals surface area contributed by atoms with Crippen LogP contribution >= 0.6 is 0 Å². The topological polar surface area (TPSA) is 106 Å². The molecule has 1 saturated carbocycles.